The van der Waals surface area contributed by atoms with Gasteiger partial charge in [0, 0.05) is 35.9 Å². The van der Waals surface area contributed by atoms with Gasteiger partial charge in [-0.15, -0.1) is 0 Å². The molecule has 1 unspecified atom stereocenters. The standard InChI is InChI=1S/C17H25N7O/c1-9(2)15-14(10(3)23(4)17(20)24(15)21)16(25)22-12-5-6-13(19)11(7-12)8-18/h5-9,15,18,20H,19,21H2,1-4H3,(H,22,25). The first-order valence-electron chi connectivity index (χ1n) is 7.97. The van der Waals surface area contributed by atoms with Crippen molar-refractivity contribution in [2.24, 2.45) is 11.8 Å². The first-order valence-corrected chi connectivity index (χ1v) is 7.97. The Morgan fingerprint density at radius 3 is 2.60 bits per heavy atom. The van der Waals surface area contributed by atoms with E-state index in [1.54, 1.807) is 37.1 Å². The number of nitrogens with zero attached hydrogens (tertiary/aromatic N) is 2. The van der Waals surface area contributed by atoms with Crippen LogP contribution in [0.4, 0.5) is 11.4 Å². The molecule has 0 saturated carbocycles. The van der Waals surface area contributed by atoms with Gasteiger partial charge in [-0.3, -0.25) is 15.2 Å². The van der Waals surface area contributed by atoms with E-state index in [0.29, 0.717) is 28.2 Å². The minimum atomic E-state index is -0.403. The number of guanidine groups is 1. The van der Waals surface area contributed by atoms with E-state index in [-0.39, 0.29) is 17.8 Å². The Labute approximate surface area is 147 Å². The molecule has 1 aromatic carbocycles. The van der Waals surface area contributed by atoms with Gasteiger partial charge >= 0.3 is 0 Å². The first kappa shape index (κ1) is 18.5. The summed E-state index contributed by atoms with van der Waals surface area (Å²) in [6.07, 6.45) is 1.14. The van der Waals surface area contributed by atoms with Crippen LogP contribution in [0.5, 0.6) is 0 Å². The molecule has 1 aromatic rings. The number of nitrogens with two attached hydrogens (primary N) is 2. The minimum absolute atomic E-state index is 0.0401. The summed E-state index contributed by atoms with van der Waals surface area (Å²) < 4.78 is 0. The second kappa shape index (κ2) is 6.94. The topological polar surface area (TPSA) is 135 Å². The minimum Gasteiger partial charge on any atom is -0.398 e. The highest BCUT2D eigenvalue weighted by Crippen LogP contribution is 2.28. The molecular formula is C17H25N7O. The average molecular weight is 343 g/mol. The van der Waals surface area contributed by atoms with E-state index >= 15 is 0 Å². The Hall–Kier alpha value is -2.87. The summed E-state index contributed by atoms with van der Waals surface area (Å²) in [5.74, 6) is 5.97. The van der Waals surface area contributed by atoms with Crippen molar-refractivity contribution in [2.45, 2.75) is 26.8 Å². The van der Waals surface area contributed by atoms with Crippen molar-refractivity contribution in [3.05, 3.63) is 35.0 Å². The number of benzene rings is 1. The lowest BCUT2D eigenvalue weighted by atomic mass is 9.91. The first-order chi connectivity index (χ1) is 11.7. The molecule has 0 fully saturated rings. The predicted octanol–water partition coefficient (Wildman–Crippen LogP) is 1.56. The SMILES string of the molecule is CC1=C(C(=O)Nc2ccc(N)c(C=N)c2)C(C(C)C)N(N)C(=N)N1C. The average Bonchev–Trinajstić information content (AvgIpc) is 2.57. The van der Waals surface area contributed by atoms with Gasteiger partial charge in [-0.2, -0.15) is 0 Å². The molecular weight excluding hydrogens is 318 g/mol. The third-order valence-corrected chi connectivity index (χ3v) is 4.43. The number of rotatable bonds is 4. The number of hydrogen-bond acceptors (Lipinski definition) is 5. The van der Waals surface area contributed by atoms with Crippen LogP contribution in [0.1, 0.15) is 26.3 Å². The van der Waals surface area contributed by atoms with Gasteiger partial charge in [0.05, 0.1) is 11.6 Å². The van der Waals surface area contributed by atoms with E-state index in [9.17, 15) is 4.79 Å². The third-order valence-electron chi connectivity index (χ3n) is 4.43. The second-order valence-corrected chi connectivity index (χ2v) is 6.42. The number of amides is 1. The largest absolute Gasteiger partial charge is 0.398 e. The van der Waals surface area contributed by atoms with Gasteiger partial charge in [0.15, 0.2) is 0 Å². The van der Waals surface area contributed by atoms with Gasteiger partial charge in [-0.1, -0.05) is 13.8 Å². The molecule has 2 rings (SSSR count). The maximum atomic E-state index is 12.9. The summed E-state index contributed by atoms with van der Waals surface area (Å²) in [6.45, 7) is 5.72. The monoisotopic (exact) mass is 343 g/mol. The molecule has 1 amide bonds. The number of anilines is 2. The Bertz CT molecular complexity index is 753. The fraction of sp³-hybridized carbons (Fsp3) is 0.353. The predicted molar refractivity (Wildman–Crippen MR) is 100 cm³/mol. The van der Waals surface area contributed by atoms with Gasteiger partial charge in [-0.05, 0) is 31.0 Å². The molecule has 1 aliphatic rings. The molecule has 7 N–H and O–H groups in total. The van der Waals surface area contributed by atoms with Crippen LogP contribution in [0.2, 0.25) is 0 Å². The van der Waals surface area contributed by atoms with Crippen molar-refractivity contribution in [1.29, 1.82) is 10.8 Å². The van der Waals surface area contributed by atoms with Crippen LogP contribution in [0.15, 0.2) is 29.5 Å². The lowest BCUT2D eigenvalue weighted by Crippen LogP contribution is -2.59. The van der Waals surface area contributed by atoms with Crippen LogP contribution in [0.25, 0.3) is 0 Å². The highest BCUT2D eigenvalue weighted by molar-refractivity contribution is 6.07. The van der Waals surface area contributed by atoms with Crippen LogP contribution < -0.4 is 16.9 Å². The lowest BCUT2D eigenvalue weighted by Gasteiger charge is -2.42. The van der Waals surface area contributed by atoms with Gasteiger partial charge in [-0.25, -0.2) is 5.84 Å². The third kappa shape index (κ3) is 3.34. The Kier molecular flexibility index (Phi) is 5.13. The van der Waals surface area contributed by atoms with Crippen LogP contribution >= 0.6 is 0 Å². The summed E-state index contributed by atoms with van der Waals surface area (Å²) in [5.41, 5.74) is 8.54. The molecule has 134 valence electrons. The molecule has 0 bridgehead atoms. The molecule has 1 heterocycles. The van der Waals surface area contributed by atoms with Crippen molar-refractivity contribution in [3.8, 4) is 0 Å². The highest BCUT2D eigenvalue weighted by atomic mass is 16.1. The van der Waals surface area contributed by atoms with Crippen molar-refractivity contribution in [3.63, 3.8) is 0 Å². The Balaban J connectivity index is 2.41. The second-order valence-electron chi connectivity index (χ2n) is 6.42. The number of carbonyl (C=O) groups is 1. The van der Waals surface area contributed by atoms with Crippen molar-refractivity contribution in [2.75, 3.05) is 18.1 Å². The van der Waals surface area contributed by atoms with Gasteiger partial charge in [0.25, 0.3) is 5.91 Å². The van der Waals surface area contributed by atoms with Crippen molar-refractivity contribution >= 4 is 29.5 Å². The van der Waals surface area contributed by atoms with E-state index in [1.807, 2.05) is 13.8 Å². The Morgan fingerprint density at radius 1 is 1.40 bits per heavy atom. The molecule has 0 radical (unpaired) electrons. The van der Waals surface area contributed by atoms with Crippen LogP contribution in [0, 0.1) is 16.7 Å². The number of nitrogens with one attached hydrogen (secondary N) is 3. The molecule has 25 heavy (non-hydrogen) atoms. The summed E-state index contributed by atoms with van der Waals surface area (Å²) in [5, 5.41) is 19.6. The number of allylic oxidation sites excluding steroid dienone is 1. The van der Waals surface area contributed by atoms with Crippen molar-refractivity contribution in [1.82, 2.24) is 9.91 Å². The lowest BCUT2D eigenvalue weighted by molar-refractivity contribution is -0.113. The van der Waals surface area contributed by atoms with E-state index in [1.165, 1.54) is 5.01 Å². The maximum Gasteiger partial charge on any atom is 0.255 e. The van der Waals surface area contributed by atoms with Gasteiger partial charge in [0.1, 0.15) is 0 Å². The molecule has 1 aliphatic heterocycles. The molecule has 0 saturated heterocycles. The maximum absolute atomic E-state index is 12.9. The molecule has 8 nitrogen and oxygen atoms in total. The van der Waals surface area contributed by atoms with Crippen molar-refractivity contribution < 1.29 is 4.79 Å². The van der Waals surface area contributed by atoms with Crippen LogP contribution in [-0.2, 0) is 4.79 Å². The molecule has 0 aliphatic carbocycles. The Morgan fingerprint density at radius 2 is 2.04 bits per heavy atom. The summed E-state index contributed by atoms with van der Waals surface area (Å²) in [7, 11) is 1.71. The number of hydrogen-bond donors (Lipinski definition) is 5. The molecule has 0 spiro atoms. The van der Waals surface area contributed by atoms with E-state index in [2.05, 4.69) is 5.32 Å². The van der Waals surface area contributed by atoms with E-state index in [0.717, 1.165) is 6.21 Å². The molecule has 8 heteroatoms. The smallest absolute Gasteiger partial charge is 0.255 e. The van der Waals surface area contributed by atoms with Crippen LogP contribution in [-0.4, -0.2) is 41.1 Å². The zero-order valence-electron chi connectivity index (χ0n) is 14.9. The summed E-state index contributed by atoms with van der Waals surface area (Å²) >= 11 is 0. The fourth-order valence-electron chi connectivity index (χ4n) is 2.93. The normalized spacial score (nSPS) is 18.0. The summed E-state index contributed by atoms with van der Waals surface area (Å²) in [4.78, 5) is 14.5. The highest BCUT2D eigenvalue weighted by Gasteiger charge is 2.38. The van der Waals surface area contributed by atoms with E-state index in [4.69, 9.17) is 22.4 Å². The number of nitrogen functional groups attached to an aromatic ring is 1. The van der Waals surface area contributed by atoms with E-state index < -0.39 is 6.04 Å². The number of carbonyl (C=O) groups excluding carboxylic acids is 1. The molecule has 0 aromatic heterocycles. The van der Waals surface area contributed by atoms with Crippen LogP contribution in [0.3, 0.4) is 0 Å². The number of hydrazine groups is 1. The fourth-order valence-corrected chi connectivity index (χ4v) is 2.93. The zero-order chi connectivity index (χ0) is 18.9. The molecule has 1 atom stereocenters. The van der Waals surface area contributed by atoms with Gasteiger partial charge in [0.2, 0.25) is 5.96 Å². The quantitative estimate of drug-likeness (QED) is 0.321. The zero-order valence-corrected chi connectivity index (χ0v) is 14.9. The summed E-state index contributed by atoms with van der Waals surface area (Å²) in [6, 6.07) is 4.58. The van der Waals surface area contributed by atoms with Gasteiger partial charge < -0.3 is 21.4 Å².